The number of amides is 1. The van der Waals surface area contributed by atoms with Crippen LogP contribution in [-0.4, -0.2) is 53.2 Å². The van der Waals surface area contributed by atoms with Crippen LogP contribution in [0.25, 0.3) is 0 Å². The molecule has 0 unspecified atom stereocenters. The number of likely N-dealkylation sites (tertiary alicyclic amines) is 1. The molecule has 2 aromatic heterocycles. The summed E-state index contributed by atoms with van der Waals surface area (Å²) in [7, 11) is 0. The Morgan fingerprint density at radius 1 is 1.26 bits per heavy atom. The summed E-state index contributed by atoms with van der Waals surface area (Å²) in [5.41, 5.74) is 2.74. The van der Waals surface area contributed by atoms with Crippen molar-refractivity contribution in [2.75, 3.05) is 26.3 Å². The average molecular weight is 371 g/mol. The van der Waals surface area contributed by atoms with E-state index in [0.717, 1.165) is 49.2 Å². The fourth-order valence-corrected chi connectivity index (χ4v) is 3.62. The summed E-state index contributed by atoms with van der Waals surface area (Å²) in [4.78, 5) is 23.6. The van der Waals surface area contributed by atoms with Gasteiger partial charge in [0, 0.05) is 50.8 Å². The highest BCUT2D eigenvalue weighted by atomic mass is 16.5. The molecule has 0 saturated carbocycles. The fraction of sp³-hybridized carbons (Fsp3) is 0.550. The van der Waals surface area contributed by atoms with E-state index in [1.54, 1.807) is 6.07 Å². The SMILES string of the molecule is CCc1nc2c(c(OC3CCN(C(=O)c4ccoc4)CC3)n1)CCOCC2. The average Bonchev–Trinajstić information content (AvgIpc) is 3.13. The highest BCUT2D eigenvalue weighted by Crippen LogP contribution is 2.26. The summed E-state index contributed by atoms with van der Waals surface area (Å²) in [5.74, 6) is 1.55. The summed E-state index contributed by atoms with van der Waals surface area (Å²) < 4.78 is 16.9. The summed E-state index contributed by atoms with van der Waals surface area (Å²) in [5, 5.41) is 0. The Morgan fingerprint density at radius 2 is 2.07 bits per heavy atom. The number of hydrogen-bond donors (Lipinski definition) is 0. The Kier molecular flexibility index (Phi) is 5.38. The van der Waals surface area contributed by atoms with Gasteiger partial charge in [-0.1, -0.05) is 6.92 Å². The highest BCUT2D eigenvalue weighted by Gasteiger charge is 2.27. The summed E-state index contributed by atoms with van der Waals surface area (Å²) >= 11 is 0. The van der Waals surface area contributed by atoms with Crippen LogP contribution in [0.1, 0.15) is 47.2 Å². The molecule has 4 heterocycles. The first-order valence-electron chi connectivity index (χ1n) is 9.69. The Labute approximate surface area is 158 Å². The van der Waals surface area contributed by atoms with Crippen molar-refractivity contribution < 1.29 is 18.7 Å². The zero-order valence-electron chi connectivity index (χ0n) is 15.6. The van der Waals surface area contributed by atoms with Crippen molar-refractivity contribution in [3.8, 4) is 5.88 Å². The first-order valence-corrected chi connectivity index (χ1v) is 9.69. The maximum atomic E-state index is 12.4. The summed E-state index contributed by atoms with van der Waals surface area (Å²) in [6, 6.07) is 1.70. The van der Waals surface area contributed by atoms with Crippen LogP contribution in [0, 0.1) is 0 Å². The van der Waals surface area contributed by atoms with Gasteiger partial charge in [-0.15, -0.1) is 0 Å². The molecule has 27 heavy (non-hydrogen) atoms. The maximum Gasteiger partial charge on any atom is 0.257 e. The standard InChI is InChI=1S/C20H25N3O4/c1-2-18-21-17-7-12-25-11-6-16(17)19(22-18)27-15-3-8-23(9-4-15)20(24)14-5-10-26-13-14/h5,10,13,15H,2-4,6-9,11-12H2,1H3. The van der Waals surface area contributed by atoms with Crippen molar-refractivity contribution in [3.05, 3.63) is 41.2 Å². The number of nitrogens with zero attached hydrogens (tertiary/aromatic N) is 3. The molecule has 0 aliphatic carbocycles. The van der Waals surface area contributed by atoms with Crippen LogP contribution in [-0.2, 0) is 24.0 Å². The second-order valence-electron chi connectivity index (χ2n) is 6.96. The van der Waals surface area contributed by atoms with E-state index < -0.39 is 0 Å². The number of carbonyl (C=O) groups excluding carboxylic acids is 1. The first-order chi connectivity index (χ1) is 13.2. The molecule has 0 spiro atoms. The smallest absolute Gasteiger partial charge is 0.257 e. The number of furan rings is 1. The molecule has 1 fully saturated rings. The molecule has 7 nitrogen and oxygen atoms in total. The number of carbonyl (C=O) groups is 1. The van der Waals surface area contributed by atoms with E-state index in [-0.39, 0.29) is 12.0 Å². The van der Waals surface area contributed by atoms with Crippen molar-refractivity contribution in [3.63, 3.8) is 0 Å². The minimum Gasteiger partial charge on any atom is -0.474 e. The number of fused-ring (bicyclic) bond motifs is 1. The highest BCUT2D eigenvalue weighted by molar-refractivity contribution is 5.93. The molecule has 0 radical (unpaired) electrons. The topological polar surface area (TPSA) is 77.7 Å². The van der Waals surface area contributed by atoms with Gasteiger partial charge in [-0.25, -0.2) is 4.98 Å². The lowest BCUT2D eigenvalue weighted by Gasteiger charge is -2.32. The van der Waals surface area contributed by atoms with Gasteiger partial charge in [-0.3, -0.25) is 4.79 Å². The molecule has 0 N–H and O–H groups in total. The zero-order valence-corrected chi connectivity index (χ0v) is 15.6. The van der Waals surface area contributed by atoms with Gasteiger partial charge in [-0.05, 0) is 6.07 Å². The minimum atomic E-state index is 0.0171. The lowest BCUT2D eigenvalue weighted by atomic mass is 10.1. The number of rotatable bonds is 4. The third-order valence-corrected chi connectivity index (χ3v) is 5.17. The second kappa shape index (κ2) is 8.08. The Balaban J connectivity index is 1.44. The van der Waals surface area contributed by atoms with Crippen molar-refractivity contribution in [1.82, 2.24) is 14.9 Å². The van der Waals surface area contributed by atoms with Crippen LogP contribution >= 0.6 is 0 Å². The van der Waals surface area contributed by atoms with Crippen molar-refractivity contribution in [2.45, 2.75) is 45.1 Å². The molecule has 4 rings (SSSR count). The number of ether oxygens (including phenoxy) is 2. The monoisotopic (exact) mass is 371 g/mol. The summed E-state index contributed by atoms with van der Waals surface area (Å²) in [6.07, 6.45) is 7.04. The molecule has 144 valence electrons. The van der Waals surface area contributed by atoms with Crippen molar-refractivity contribution in [2.24, 2.45) is 0 Å². The summed E-state index contributed by atoms with van der Waals surface area (Å²) in [6.45, 7) is 4.77. The lowest BCUT2D eigenvalue weighted by Crippen LogP contribution is -2.41. The van der Waals surface area contributed by atoms with E-state index in [1.165, 1.54) is 12.5 Å². The van der Waals surface area contributed by atoms with Crippen LogP contribution in [0.5, 0.6) is 5.88 Å². The predicted molar refractivity (Wildman–Crippen MR) is 97.9 cm³/mol. The maximum absolute atomic E-state index is 12.4. The molecule has 0 atom stereocenters. The van der Waals surface area contributed by atoms with Crippen LogP contribution in [0.4, 0.5) is 0 Å². The van der Waals surface area contributed by atoms with Crippen LogP contribution < -0.4 is 4.74 Å². The van der Waals surface area contributed by atoms with Crippen LogP contribution in [0.15, 0.2) is 23.0 Å². The normalized spacial score (nSPS) is 18.0. The molecular formula is C20H25N3O4. The molecule has 1 amide bonds. The molecule has 2 aromatic rings. The predicted octanol–water partition coefficient (Wildman–Crippen LogP) is 2.43. The van der Waals surface area contributed by atoms with Crippen molar-refractivity contribution >= 4 is 5.91 Å². The third kappa shape index (κ3) is 3.98. The van der Waals surface area contributed by atoms with Crippen LogP contribution in [0.2, 0.25) is 0 Å². The lowest BCUT2D eigenvalue weighted by molar-refractivity contribution is 0.0584. The molecular weight excluding hydrogens is 346 g/mol. The van der Waals surface area contributed by atoms with Gasteiger partial charge < -0.3 is 18.8 Å². The molecule has 0 aromatic carbocycles. The number of aryl methyl sites for hydroxylation is 1. The minimum absolute atomic E-state index is 0.0171. The van der Waals surface area contributed by atoms with Gasteiger partial charge in [-0.2, -0.15) is 4.98 Å². The van der Waals surface area contributed by atoms with E-state index in [2.05, 4.69) is 16.9 Å². The molecule has 7 heteroatoms. The van der Waals surface area contributed by atoms with E-state index in [4.69, 9.17) is 13.9 Å². The molecule has 2 aliphatic rings. The van der Waals surface area contributed by atoms with Gasteiger partial charge in [0.25, 0.3) is 5.91 Å². The number of aromatic nitrogens is 2. The van der Waals surface area contributed by atoms with E-state index in [1.807, 2.05) is 4.90 Å². The number of hydrogen-bond acceptors (Lipinski definition) is 6. The van der Waals surface area contributed by atoms with Gasteiger partial charge in [0.2, 0.25) is 5.88 Å². The van der Waals surface area contributed by atoms with Gasteiger partial charge in [0.1, 0.15) is 18.2 Å². The molecule has 0 bridgehead atoms. The van der Waals surface area contributed by atoms with E-state index in [9.17, 15) is 4.79 Å². The zero-order chi connectivity index (χ0) is 18.6. The second-order valence-corrected chi connectivity index (χ2v) is 6.96. The third-order valence-electron chi connectivity index (χ3n) is 5.17. The Morgan fingerprint density at radius 3 is 2.81 bits per heavy atom. The molecule has 1 saturated heterocycles. The van der Waals surface area contributed by atoms with Gasteiger partial charge in [0.15, 0.2) is 0 Å². The quantitative estimate of drug-likeness (QED) is 0.821. The Hall–Kier alpha value is -2.41. The van der Waals surface area contributed by atoms with E-state index in [0.29, 0.717) is 37.7 Å². The van der Waals surface area contributed by atoms with Gasteiger partial charge >= 0.3 is 0 Å². The fourth-order valence-electron chi connectivity index (χ4n) is 3.62. The van der Waals surface area contributed by atoms with Crippen LogP contribution in [0.3, 0.4) is 0 Å². The molecule has 2 aliphatic heterocycles. The first kappa shape index (κ1) is 18.0. The Bertz CT molecular complexity index is 783. The van der Waals surface area contributed by atoms with Crippen molar-refractivity contribution in [1.29, 1.82) is 0 Å². The van der Waals surface area contributed by atoms with Gasteiger partial charge in [0.05, 0.1) is 30.7 Å². The largest absolute Gasteiger partial charge is 0.474 e. The van der Waals surface area contributed by atoms with E-state index >= 15 is 0 Å². The number of piperidine rings is 1.